The van der Waals surface area contributed by atoms with Crippen molar-refractivity contribution in [3.63, 3.8) is 0 Å². The third kappa shape index (κ3) is 3.50. The van der Waals surface area contributed by atoms with Gasteiger partial charge in [-0.1, -0.05) is 39.0 Å². The minimum absolute atomic E-state index is 0.0341. The van der Waals surface area contributed by atoms with E-state index >= 15 is 0 Å². The van der Waals surface area contributed by atoms with E-state index in [-0.39, 0.29) is 29.6 Å². The van der Waals surface area contributed by atoms with E-state index in [1.807, 2.05) is 57.2 Å². The molecule has 2 amide bonds. The van der Waals surface area contributed by atoms with Gasteiger partial charge in [0.15, 0.2) is 5.58 Å². The van der Waals surface area contributed by atoms with Crippen molar-refractivity contribution in [2.24, 2.45) is 5.92 Å². The fraction of sp³-hybridized carbons (Fsp3) is 0.318. The van der Waals surface area contributed by atoms with Gasteiger partial charge in [0, 0.05) is 29.8 Å². The van der Waals surface area contributed by atoms with Crippen molar-refractivity contribution in [2.75, 3.05) is 16.8 Å². The van der Waals surface area contributed by atoms with Crippen molar-refractivity contribution in [2.45, 2.75) is 32.6 Å². The monoisotopic (exact) mass is 377 g/mol. The van der Waals surface area contributed by atoms with Gasteiger partial charge >= 0.3 is 0 Å². The molecular formula is C22H23N3O3. The number of carbonyl (C=O) groups is 2. The molecule has 1 atom stereocenters. The van der Waals surface area contributed by atoms with Crippen LogP contribution in [-0.4, -0.2) is 23.3 Å². The Balaban J connectivity index is 1.48. The van der Waals surface area contributed by atoms with E-state index in [1.54, 1.807) is 17.0 Å². The first kappa shape index (κ1) is 18.2. The summed E-state index contributed by atoms with van der Waals surface area (Å²) in [4.78, 5) is 31.2. The predicted octanol–water partition coefficient (Wildman–Crippen LogP) is 4.12. The number of rotatable bonds is 3. The molecule has 2 heterocycles. The second kappa shape index (κ2) is 6.78. The van der Waals surface area contributed by atoms with Gasteiger partial charge in [0.05, 0.1) is 5.92 Å². The van der Waals surface area contributed by atoms with Crippen LogP contribution in [0.3, 0.4) is 0 Å². The standard InChI is InChI=1S/C22H23N3O3/c1-22(2,3)21-24-17-12-15(9-10-18(17)28-21)23-20(27)14-11-19(26)25(13-14)16-7-5-4-6-8-16/h4-10,12,14H,11,13H2,1-3H3,(H,23,27). The third-order valence-corrected chi connectivity index (χ3v) is 4.86. The molecule has 0 radical (unpaired) electrons. The Morgan fingerprint density at radius 2 is 1.93 bits per heavy atom. The number of nitrogens with zero attached hydrogens (tertiary/aromatic N) is 2. The van der Waals surface area contributed by atoms with Gasteiger partial charge in [-0.05, 0) is 30.3 Å². The molecule has 0 spiro atoms. The van der Waals surface area contributed by atoms with Crippen molar-refractivity contribution in [1.29, 1.82) is 0 Å². The van der Waals surface area contributed by atoms with Crippen molar-refractivity contribution in [3.8, 4) is 0 Å². The Kier molecular flexibility index (Phi) is 4.41. The molecule has 0 bridgehead atoms. The summed E-state index contributed by atoms with van der Waals surface area (Å²) < 4.78 is 5.79. The molecule has 2 aromatic carbocycles. The topological polar surface area (TPSA) is 75.4 Å². The highest BCUT2D eigenvalue weighted by Crippen LogP contribution is 2.29. The fourth-order valence-electron chi connectivity index (χ4n) is 3.31. The van der Waals surface area contributed by atoms with E-state index in [1.165, 1.54) is 0 Å². The summed E-state index contributed by atoms with van der Waals surface area (Å²) in [5.74, 6) is 0.0792. The summed E-state index contributed by atoms with van der Waals surface area (Å²) in [7, 11) is 0. The van der Waals surface area contributed by atoms with Crippen molar-refractivity contribution in [1.82, 2.24) is 4.98 Å². The molecule has 1 aromatic heterocycles. The number of amides is 2. The lowest BCUT2D eigenvalue weighted by molar-refractivity contribution is -0.122. The van der Waals surface area contributed by atoms with Crippen molar-refractivity contribution >= 4 is 34.3 Å². The minimum atomic E-state index is -0.383. The molecule has 0 saturated carbocycles. The van der Waals surface area contributed by atoms with Gasteiger partial charge in [-0.25, -0.2) is 4.98 Å². The molecule has 1 unspecified atom stereocenters. The second-order valence-corrected chi connectivity index (χ2v) is 8.18. The molecule has 28 heavy (non-hydrogen) atoms. The molecule has 1 aliphatic rings. The molecule has 1 fully saturated rings. The number of para-hydroxylation sites is 1. The first-order valence-electron chi connectivity index (χ1n) is 9.38. The Morgan fingerprint density at radius 1 is 1.18 bits per heavy atom. The lowest BCUT2D eigenvalue weighted by Gasteiger charge is -2.16. The Hall–Kier alpha value is -3.15. The number of anilines is 2. The zero-order valence-corrected chi connectivity index (χ0v) is 16.2. The fourth-order valence-corrected chi connectivity index (χ4v) is 3.31. The van der Waals surface area contributed by atoms with E-state index < -0.39 is 0 Å². The average molecular weight is 377 g/mol. The van der Waals surface area contributed by atoms with Crippen LogP contribution in [0.2, 0.25) is 0 Å². The van der Waals surface area contributed by atoms with Gasteiger partial charge in [-0.15, -0.1) is 0 Å². The zero-order chi connectivity index (χ0) is 19.9. The molecule has 6 heteroatoms. The van der Waals surface area contributed by atoms with Crippen LogP contribution in [0.15, 0.2) is 52.9 Å². The third-order valence-electron chi connectivity index (χ3n) is 4.86. The minimum Gasteiger partial charge on any atom is -0.440 e. The Labute approximate surface area is 163 Å². The smallest absolute Gasteiger partial charge is 0.229 e. The van der Waals surface area contributed by atoms with E-state index in [9.17, 15) is 9.59 Å². The lowest BCUT2D eigenvalue weighted by Crippen LogP contribution is -2.28. The predicted molar refractivity (Wildman–Crippen MR) is 108 cm³/mol. The van der Waals surface area contributed by atoms with Crippen molar-refractivity contribution < 1.29 is 14.0 Å². The second-order valence-electron chi connectivity index (χ2n) is 8.18. The maximum Gasteiger partial charge on any atom is 0.229 e. The normalized spacial score (nSPS) is 17.3. The largest absolute Gasteiger partial charge is 0.440 e. The van der Waals surface area contributed by atoms with Gasteiger partial charge in [-0.3, -0.25) is 9.59 Å². The summed E-state index contributed by atoms with van der Waals surface area (Å²) in [5, 5.41) is 2.92. The van der Waals surface area contributed by atoms with E-state index in [0.29, 0.717) is 29.2 Å². The van der Waals surface area contributed by atoms with Crippen LogP contribution in [0.5, 0.6) is 0 Å². The Bertz CT molecular complexity index is 1030. The quantitative estimate of drug-likeness (QED) is 0.745. The number of hydrogen-bond acceptors (Lipinski definition) is 4. The number of carbonyl (C=O) groups excluding carboxylic acids is 2. The number of oxazole rings is 1. The molecule has 1 aliphatic heterocycles. The molecule has 3 aromatic rings. The van der Waals surface area contributed by atoms with E-state index in [2.05, 4.69) is 10.3 Å². The number of benzene rings is 2. The summed E-state index contributed by atoms with van der Waals surface area (Å²) >= 11 is 0. The summed E-state index contributed by atoms with van der Waals surface area (Å²) in [6, 6.07) is 14.8. The van der Waals surface area contributed by atoms with E-state index in [0.717, 1.165) is 5.69 Å². The van der Waals surface area contributed by atoms with Crippen LogP contribution in [0.25, 0.3) is 11.1 Å². The van der Waals surface area contributed by atoms with Gasteiger partial charge in [-0.2, -0.15) is 0 Å². The van der Waals surface area contributed by atoms with Gasteiger partial charge in [0.2, 0.25) is 17.7 Å². The van der Waals surface area contributed by atoms with Crippen LogP contribution in [0.4, 0.5) is 11.4 Å². The Morgan fingerprint density at radius 3 is 2.64 bits per heavy atom. The molecule has 1 N–H and O–H groups in total. The van der Waals surface area contributed by atoms with Gasteiger partial charge in [0.1, 0.15) is 5.52 Å². The van der Waals surface area contributed by atoms with Crippen LogP contribution in [0.1, 0.15) is 33.1 Å². The first-order valence-corrected chi connectivity index (χ1v) is 9.38. The number of fused-ring (bicyclic) bond motifs is 1. The van der Waals surface area contributed by atoms with Crippen LogP contribution < -0.4 is 10.2 Å². The van der Waals surface area contributed by atoms with Crippen LogP contribution >= 0.6 is 0 Å². The highest BCUT2D eigenvalue weighted by atomic mass is 16.3. The molecule has 6 nitrogen and oxygen atoms in total. The molecule has 144 valence electrons. The van der Waals surface area contributed by atoms with Crippen LogP contribution in [0, 0.1) is 5.92 Å². The van der Waals surface area contributed by atoms with Crippen molar-refractivity contribution in [3.05, 3.63) is 54.4 Å². The summed E-state index contributed by atoms with van der Waals surface area (Å²) in [6.07, 6.45) is 0.209. The SMILES string of the molecule is CC(C)(C)c1nc2cc(NC(=O)C3CC(=O)N(c4ccccc4)C3)ccc2o1. The number of nitrogens with one attached hydrogen (secondary N) is 1. The molecular weight excluding hydrogens is 354 g/mol. The van der Waals surface area contributed by atoms with Gasteiger partial charge in [0.25, 0.3) is 0 Å². The average Bonchev–Trinajstić information content (AvgIpc) is 3.25. The zero-order valence-electron chi connectivity index (χ0n) is 16.2. The lowest BCUT2D eigenvalue weighted by atomic mass is 9.97. The first-order chi connectivity index (χ1) is 13.3. The molecule has 4 rings (SSSR count). The maximum absolute atomic E-state index is 12.7. The number of hydrogen-bond donors (Lipinski definition) is 1. The molecule has 1 saturated heterocycles. The highest BCUT2D eigenvalue weighted by molar-refractivity contribution is 6.03. The summed E-state index contributed by atoms with van der Waals surface area (Å²) in [6.45, 7) is 6.50. The van der Waals surface area contributed by atoms with Gasteiger partial charge < -0.3 is 14.6 Å². The number of aromatic nitrogens is 1. The molecule has 0 aliphatic carbocycles. The maximum atomic E-state index is 12.7. The highest BCUT2D eigenvalue weighted by Gasteiger charge is 2.35. The summed E-state index contributed by atoms with van der Waals surface area (Å²) in [5.41, 5.74) is 2.68. The van der Waals surface area contributed by atoms with Crippen LogP contribution in [-0.2, 0) is 15.0 Å². The van der Waals surface area contributed by atoms with E-state index in [4.69, 9.17) is 4.42 Å².